The maximum atomic E-state index is 14.4. The topological polar surface area (TPSA) is 96.3 Å². The third kappa shape index (κ3) is 7.13. The quantitative estimate of drug-likeness (QED) is 0.440. The molecule has 1 aliphatic rings. The maximum absolute atomic E-state index is 14.4. The van der Waals surface area contributed by atoms with Crippen LogP contribution in [0.2, 0.25) is 5.02 Å². The van der Waals surface area contributed by atoms with Crippen molar-refractivity contribution in [3.05, 3.63) is 41.1 Å². The molecule has 1 amide bonds. The molecule has 2 heterocycles. The molecule has 8 nitrogen and oxygen atoms in total. The molecule has 0 bridgehead atoms. The molecule has 3 rings (SSSR count). The van der Waals surface area contributed by atoms with Gasteiger partial charge in [-0.1, -0.05) is 11.6 Å². The first-order valence-corrected chi connectivity index (χ1v) is 11.9. The number of hydrogen-bond donors (Lipinski definition) is 2. The molecule has 0 radical (unpaired) electrons. The van der Waals surface area contributed by atoms with E-state index in [4.69, 9.17) is 11.6 Å². The second-order valence-corrected chi connectivity index (χ2v) is 10.1. The molecule has 0 aliphatic carbocycles. The highest BCUT2D eigenvalue weighted by Crippen LogP contribution is 2.27. The minimum Gasteiger partial charge on any atom is -0.340 e. The summed E-state index contributed by atoms with van der Waals surface area (Å²) < 4.78 is 78.2. The van der Waals surface area contributed by atoms with Crippen molar-refractivity contribution in [3.8, 4) is 11.3 Å². The van der Waals surface area contributed by atoms with E-state index in [9.17, 15) is 30.8 Å². The number of nitrogens with one attached hydrogen (secondary N) is 2. The number of aromatic nitrogens is 2. The number of piperidine rings is 1. The Morgan fingerprint density at radius 1 is 1.27 bits per heavy atom. The summed E-state index contributed by atoms with van der Waals surface area (Å²) in [4.78, 5) is 19.7. The molecule has 14 heteroatoms. The zero-order chi connectivity index (χ0) is 24.4. The van der Waals surface area contributed by atoms with E-state index < -0.39 is 40.0 Å². The molecule has 0 atom stereocenters. The highest BCUT2D eigenvalue weighted by molar-refractivity contribution is 7.89. The second kappa shape index (κ2) is 9.95. The predicted molar refractivity (Wildman–Crippen MR) is 113 cm³/mol. The standard InChI is InChI=1S/C19H22ClF4N5O3S/c1-28-8-16(25-11-28)13-6-14(17(21)15(20)7-13)18(30)26-27-33(31,32)9-12-2-4-29(5-3-12)10-19(22,23)24/h6-8,11-12,27H,2-5,9-10H2,1H3,(H,26,30). The monoisotopic (exact) mass is 511 g/mol. The number of sulfonamides is 1. The number of alkyl halides is 3. The van der Waals surface area contributed by atoms with Gasteiger partial charge >= 0.3 is 6.18 Å². The first-order chi connectivity index (χ1) is 15.3. The number of aryl methyl sites for hydroxylation is 1. The average molecular weight is 512 g/mol. The number of benzene rings is 1. The first kappa shape index (κ1) is 25.4. The third-order valence-electron chi connectivity index (χ3n) is 5.16. The van der Waals surface area contributed by atoms with E-state index in [1.165, 1.54) is 23.4 Å². The van der Waals surface area contributed by atoms with Crippen molar-refractivity contribution >= 4 is 27.5 Å². The number of likely N-dealkylation sites (tertiary alicyclic amines) is 1. The van der Waals surface area contributed by atoms with Gasteiger partial charge in [0.05, 0.1) is 34.9 Å². The fraction of sp³-hybridized carbons (Fsp3) is 0.474. The summed E-state index contributed by atoms with van der Waals surface area (Å²) in [6.45, 7) is -0.793. The third-order valence-corrected chi connectivity index (χ3v) is 6.76. The highest BCUT2D eigenvalue weighted by atomic mass is 35.5. The predicted octanol–water partition coefficient (Wildman–Crippen LogP) is 2.72. The van der Waals surface area contributed by atoms with Crippen LogP contribution < -0.4 is 10.3 Å². The fourth-order valence-corrected chi connectivity index (χ4v) is 5.08. The van der Waals surface area contributed by atoms with Gasteiger partial charge in [0, 0.05) is 18.8 Å². The Morgan fingerprint density at radius 2 is 1.94 bits per heavy atom. The van der Waals surface area contributed by atoms with Crippen molar-refractivity contribution in [2.24, 2.45) is 13.0 Å². The lowest BCUT2D eigenvalue weighted by Gasteiger charge is -2.32. The van der Waals surface area contributed by atoms with Crippen molar-refractivity contribution in [2.45, 2.75) is 19.0 Å². The van der Waals surface area contributed by atoms with Gasteiger partial charge in [0.2, 0.25) is 10.0 Å². The molecular weight excluding hydrogens is 490 g/mol. The molecule has 0 spiro atoms. The van der Waals surface area contributed by atoms with Crippen LogP contribution >= 0.6 is 11.6 Å². The number of carbonyl (C=O) groups excluding carboxylic acids is 1. The summed E-state index contributed by atoms with van der Waals surface area (Å²) in [5, 5.41) is -0.336. The van der Waals surface area contributed by atoms with Gasteiger partial charge in [-0.3, -0.25) is 15.1 Å². The van der Waals surface area contributed by atoms with Crippen molar-refractivity contribution in [1.82, 2.24) is 24.7 Å². The van der Waals surface area contributed by atoms with Gasteiger partial charge in [-0.25, -0.2) is 17.8 Å². The molecule has 1 aliphatic heterocycles. The Balaban J connectivity index is 1.59. The van der Waals surface area contributed by atoms with Crippen molar-refractivity contribution in [2.75, 3.05) is 25.4 Å². The van der Waals surface area contributed by atoms with Crippen molar-refractivity contribution < 1.29 is 30.8 Å². The molecule has 1 fully saturated rings. The number of amides is 1. The largest absolute Gasteiger partial charge is 0.401 e. The van der Waals surface area contributed by atoms with Crippen LogP contribution in [0.5, 0.6) is 0 Å². The smallest absolute Gasteiger partial charge is 0.340 e. The summed E-state index contributed by atoms with van der Waals surface area (Å²) in [5.74, 6) is -2.84. The second-order valence-electron chi connectivity index (χ2n) is 7.92. The Bertz CT molecular complexity index is 1120. The fourth-order valence-electron chi connectivity index (χ4n) is 3.57. The minimum atomic E-state index is -4.31. The van der Waals surface area contributed by atoms with E-state index in [1.54, 1.807) is 17.8 Å². The lowest BCUT2D eigenvalue weighted by Crippen LogP contribution is -2.46. The summed E-state index contributed by atoms with van der Waals surface area (Å²) >= 11 is 5.89. The van der Waals surface area contributed by atoms with Crippen molar-refractivity contribution in [3.63, 3.8) is 0 Å². The van der Waals surface area contributed by atoms with E-state index in [1.807, 2.05) is 10.3 Å². The molecule has 1 aromatic heterocycles. The van der Waals surface area contributed by atoms with Gasteiger partial charge in [0.15, 0.2) is 5.82 Å². The van der Waals surface area contributed by atoms with E-state index in [-0.39, 0.29) is 42.6 Å². The van der Waals surface area contributed by atoms with Gasteiger partial charge in [-0.15, -0.1) is 4.83 Å². The van der Waals surface area contributed by atoms with Crippen molar-refractivity contribution in [1.29, 1.82) is 0 Å². The molecule has 182 valence electrons. The van der Waals surface area contributed by atoms with Gasteiger partial charge in [0.25, 0.3) is 5.91 Å². The summed E-state index contributed by atoms with van der Waals surface area (Å²) in [6, 6.07) is 2.49. The lowest BCUT2D eigenvalue weighted by molar-refractivity contribution is -0.148. The SMILES string of the molecule is Cn1cnc(-c2cc(Cl)c(F)c(C(=O)NNS(=O)(=O)CC3CCN(CC(F)(F)F)CC3)c2)c1. The van der Waals surface area contributed by atoms with Crippen LogP contribution in [0.1, 0.15) is 23.2 Å². The van der Waals surface area contributed by atoms with E-state index in [2.05, 4.69) is 4.98 Å². The summed E-state index contributed by atoms with van der Waals surface area (Å²) in [7, 11) is -2.29. The molecular formula is C19H22ClF4N5O3S. The van der Waals surface area contributed by atoms with Crippen LogP contribution in [0.3, 0.4) is 0 Å². The number of carbonyl (C=O) groups is 1. The molecule has 0 saturated carbocycles. The first-order valence-electron chi connectivity index (χ1n) is 9.89. The number of halogens is 5. The molecule has 1 aromatic carbocycles. The van der Waals surface area contributed by atoms with Crippen LogP contribution in [-0.2, 0) is 17.1 Å². The zero-order valence-corrected chi connectivity index (χ0v) is 19.1. The van der Waals surface area contributed by atoms with Crippen LogP contribution in [0, 0.1) is 11.7 Å². The number of imidazole rings is 1. The van der Waals surface area contributed by atoms with Crippen LogP contribution in [0.25, 0.3) is 11.3 Å². The Kier molecular flexibility index (Phi) is 7.66. The van der Waals surface area contributed by atoms with Crippen LogP contribution in [0.15, 0.2) is 24.7 Å². The summed E-state index contributed by atoms with van der Waals surface area (Å²) in [5.41, 5.74) is 2.28. The average Bonchev–Trinajstić information content (AvgIpc) is 3.15. The Morgan fingerprint density at radius 3 is 2.52 bits per heavy atom. The van der Waals surface area contributed by atoms with E-state index in [0.29, 0.717) is 11.3 Å². The zero-order valence-electron chi connectivity index (χ0n) is 17.5. The van der Waals surface area contributed by atoms with Crippen LogP contribution in [0.4, 0.5) is 17.6 Å². The molecule has 0 unspecified atom stereocenters. The van der Waals surface area contributed by atoms with Gasteiger partial charge < -0.3 is 4.57 Å². The van der Waals surface area contributed by atoms with Gasteiger partial charge in [-0.2, -0.15) is 13.2 Å². The van der Waals surface area contributed by atoms with Crippen LogP contribution in [-0.4, -0.2) is 60.3 Å². The minimum absolute atomic E-state index is 0.121. The summed E-state index contributed by atoms with van der Waals surface area (Å²) in [6.07, 6.45) is -0.637. The maximum Gasteiger partial charge on any atom is 0.401 e. The van der Waals surface area contributed by atoms with E-state index in [0.717, 1.165) is 0 Å². The molecule has 2 N–H and O–H groups in total. The number of hydrogen-bond acceptors (Lipinski definition) is 5. The van der Waals surface area contributed by atoms with E-state index >= 15 is 0 Å². The Hall–Kier alpha value is -2.22. The van der Waals surface area contributed by atoms with Gasteiger partial charge in [-0.05, 0) is 44.0 Å². The Labute approximate surface area is 192 Å². The number of nitrogens with zero attached hydrogens (tertiary/aromatic N) is 3. The highest BCUT2D eigenvalue weighted by Gasteiger charge is 2.33. The molecule has 2 aromatic rings. The van der Waals surface area contributed by atoms with Gasteiger partial charge in [0.1, 0.15) is 0 Å². The number of hydrazine groups is 1. The lowest BCUT2D eigenvalue weighted by atomic mass is 9.99. The molecule has 33 heavy (non-hydrogen) atoms. The number of rotatable bonds is 7. The normalized spacial score (nSPS) is 16.2. The molecule has 1 saturated heterocycles.